The van der Waals surface area contributed by atoms with Crippen LogP contribution in [0.25, 0.3) is 27.1 Å². The van der Waals surface area contributed by atoms with Crippen LogP contribution < -0.4 is 5.32 Å². The van der Waals surface area contributed by atoms with E-state index in [4.69, 9.17) is 6.57 Å². The van der Waals surface area contributed by atoms with Crippen molar-refractivity contribution in [3.05, 3.63) is 46.7 Å². The van der Waals surface area contributed by atoms with Crippen molar-refractivity contribution in [1.29, 1.82) is 0 Å². The summed E-state index contributed by atoms with van der Waals surface area (Å²) in [6.45, 7) is 9.70. The zero-order valence-electron chi connectivity index (χ0n) is 17.8. The molecule has 8 heteroatoms. The van der Waals surface area contributed by atoms with Crippen LogP contribution in [-0.2, 0) is 4.79 Å². The molecule has 0 saturated heterocycles. The zero-order valence-corrected chi connectivity index (χ0v) is 17.8. The van der Waals surface area contributed by atoms with Crippen molar-refractivity contribution in [1.82, 2.24) is 20.5 Å². The highest BCUT2D eigenvalue weighted by Crippen LogP contribution is 2.55. The first-order chi connectivity index (χ1) is 15.5. The van der Waals surface area contributed by atoms with Gasteiger partial charge < -0.3 is 10.4 Å². The molecule has 0 radical (unpaired) electrons. The molecule has 5 rings (SSSR count). The fourth-order valence-corrected chi connectivity index (χ4v) is 4.95. The van der Waals surface area contributed by atoms with Crippen molar-refractivity contribution >= 4 is 22.6 Å². The normalized spacial score (nSPS) is 20.8. The van der Waals surface area contributed by atoms with Gasteiger partial charge in [-0.2, -0.15) is 5.10 Å². The van der Waals surface area contributed by atoms with Gasteiger partial charge in [-0.3, -0.25) is 9.89 Å². The minimum absolute atomic E-state index is 0.0290. The molecule has 7 nitrogen and oxygen atoms in total. The lowest BCUT2D eigenvalue weighted by molar-refractivity contribution is -0.123. The Morgan fingerprint density at radius 2 is 2.09 bits per heavy atom. The Morgan fingerprint density at radius 3 is 2.81 bits per heavy atom. The van der Waals surface area contributed by atoms with Gasteiger partial charge in [0.1, 0.15) is 11.6 Å². The number of aryl methyl sites for hydroxylation is 1. The van der Waals surface area contributed by atoms with Crippen molar-refractivity contribution in [2.75, 3.05) is 0 Å². The van der Waals surface area contributed by atoms with Gasteiger partial charge in [-0.1, -0.05) is 19.3 Å². The number of nitrogens with one attached hydrogen (secondary N) is 2. The molecule has 2 saturated carbocycles. The first-order valence-corrected chi connectivity index (χ1v) is 11.0. The zero-order chi connectivity index (χ0) is 22.4. The molecule has 32 heavy (non-hydrogen) atoms. The van der Waals surface area contributed by atoms with E-state index in [1.165, 1.54) is 18.6 Å². The highest BCUT2D eigenvalue weighted by Gasteiger charge is 2.47. The van der Waals surface area contributed by atoms with Gasteiger partial charge in [0.25, 0.3) is 0 Å². The van der Waals surface area contributed by atoms with Crippen molar-refractivity contribution in [2.45, 2.75) is 57.4 Å². The molecule has 2 aliphatic rings. The molecule has 2 heterocycles. The second kappa shape index (κ2) is 7.90. The summed E-state index contributed by atoms with van der Waals surface area (Å²) in [7, 11) is 0. The van der Waals surface area contributed by atoms with Gasteiger partial charge in [-0.05, 0) is 49.8 Å². The number of benzene rings is 1. The SMILES string of the molecule is [C-]#[N+]c1c(-c2ccc(O)cc2F)nc2[nH]nc(C)c2c1[C@@H]1C[C@H]1C(=O)NC1CCCCC1. The van der Waals surface area contributed by atoms with Crippen LogP contribution in [0.1, 0.15) is 55.7 Å². The number of nitrogens with zero attached hydrogens (tertiary/aromatic N) is 3. The van der Waals surface area contributed by atoms with E-state index in [0.29, 0.717) is 23.3 Å². The number of phenolic OH excluding ortho intramolecular Hbond substituents is 1. The molecule has 0 unspecified atom stereocenters. The fourth-order valence-electron chi connectivity index (χ4n) is 4.95. The number of H-pyrrole nitrogens is 1. The Hall–Kier alpha value is -3.47. The van der Waals surface area contributed by atoms with E-state index in [-0.39, 0.29) is 46.5 Å². The second-order valence-electron chi connectivity index (χ2n) is 8.82. The van der Waals surface area contributed by atoms with Crippen molar-refractivity contribution in [3.63, 3.8) is 0 Å². The summed E-state index contributed by atoms with van der Waals surface area (Å²) in [5.74, 6) is -1.18. The summed E-state index contributed by atoms with van der Waals surface area (Å²) in [6, 6.07) is 4.02. The maximum Gasteiger partial charge on any atom is 0.223 e. The Bertz CT molecular complexity index is 1260. The molecule has 164 valence electrons. The second-order valence-corrected chi connectivity index (χ2v) is 8.82. The summed E-state index contributed by atoms with van der Waals surface area (Å²) < 4.78 is 14.7. The number of hydrogen-bond donors (Lipinski definition) is 3. The van der Waals surface area contributed by atoms with Crippen LogP contribution in [0.4, 0.5) is 10.1 Å². The lowest BCUT2D eigenvalue weighted by atomic mass is 9.95. The molecule has 0 bridgehead atoms. The molecule has 1 aromatic carbocycles. The maximum atomic E-state index is 14.7. The lowest BCUT2D eigenvalue weighted by Crippen LogP contribution is -2.37. The standard InChI is InChI=1S/C24H24FN5O2/c1-12-19-20(16-11-17(16)24(32)27-13-6-4-3-5-7-13)22(26-2)21(28-23(19)30-29-12)15-9-8-14(31)10-18(15)25/h8-10,13,16-17,31H,3-7,11H2,1H3,(H,27,32)(H,28,29,30)/t16-,17-/m1/s1. The van der Waals surface area contributed by atoms with Crippen LogP contribution in [0.15, 0.2) is 18.2 Å². The molecule has 0 spiro atoms. The third-order valence-corrected chi connectivity index (χ3v) is 6.67. The van der Waals surface area contributed by atoms with E-state index in [9.17, 15) is 14.3 Å². The minimum atomic E-state index is -0.661. The van der Waals surface area contributed by atoms with Crippen LogP contribution in [0.3, 0.4) is 0 Å². The third-order valence-electron chi connectivity index (χ3n) is 6.67. The molecule has 0 aliphatic heterocycles. The minimum Gasteiger partial charge on any atom is -0.508 e. The summed E-state index contributed by atoms with van der Waals surface area (Å²) in [5.41, 5.74) is 2.44. The predicted molar refractivity (Wildman–Crippen MR) is 118 cm³/mol. The Morgan fingerprint density at radius 1 is 1.31 bits per heavy atom. The number of amides is 1. The third kappa shape index (κ3) is 3.48. The summed E-state index contributed by atoms with van der Waals surface area (Å²) in [5, 5.41) is 20.6. The number of carbonyl (C=O) groups excluding carboxylic acids is 1. The number of aromatic amines is 1. The van der Waals surface area contributed by atoms with Gasteiger partial charge in [0.2, 0.25) is 11.6 Å². The van der Waals surface area contributed by atoms with E-state index in [1.807, 2.05) is 6.92 Å². The topological polar surface area (TPSA) is 95.3 Å². The maximum absolute atomic E-state index is 14.7. The Balaban J connectivity index is 1.56. The highest BCUT2D eigenvalue weighted by molar-refractivity contribution is 5.96. The van der Waals surface area contributed by atoms with Crippen LogP contribution in [0, 0.1) is 25.2 Å². The molecular weight excluding hydrogens is 409 g/mol. The van der Waals surface area contributed by atoms with Gasteiger partial charge in [0, 0.05) is 29.0 Å². The quantitative estimate of drug-likeness (QED) is 0.511. The van der Waals surface area contributed by atoms with Gasteiger partial charge in [-0.15, -0.1) is 0 Å². The number of halogens is 1. The number of rotatable bonds is 4. The summed E-state index contributed by atoms with van der Waals surface area (Å²) in [6.07, 6.45) is 6.17. The molecule has 2 atom stereocenters. The van der Waals surface area contributed by atoms with Gasteiger partial charge in [0.05, 0.1) is 18.0 Å². The largest absolute Gasteiger partial charge is 0.508 e. The van der Waals surface area contributed by atoms with Crippen LogP contribution >= 0.6 is 0 Å². The van der Waals surface area contributed by atoms with Crippen LogP contribution in [-0.4, -0.2) is 32.2 Å². The van der Waals surface area contributed by atoms with E-state index < -0.39 is 5.82 Å². The van der Waals surface area contributed by atoms with E-state index in [0.717, 1.165) is 37.1 Å². The number of aromatic nitrogens is 3. The molecule has 2 fully saturated rings. The highest BCUT2D eigenvalue weighted by atomic mass is 19.1. The monoisotopic (exact) mass is 433 g/mol. The number of pyridine rings is 1. The average Bonchev–Trinajstić information content (AvgIpc) is 3.50. The number of aromatic hydroxyl groups is 1. The summed E-state index contributed by atoms with van der Waals surface area (Å²) in [4.78, 5) is 21.2. The predicted octanol–water partition coefficient (Wildman–Crippen LogP) is 4.88. The molecule has 2 aromatic heterocycles. The number of fused-ring (bicyclic) bond motifs is 1. The van der Waals surface area contributed by atoms with Crippen LogP contribution in [0.5, 0.6) is 5.75 Å². The first-order valence-electron chi connectivity index (χ1n) is 11.0. The van der Waals surface area contributed by atoms with Crippen molar-refractivity contribution in [2.24, 2.45) is 5.92 Å². The smallest absolute Gasteiger partial charge is 0.223 e. The molecule has 3 aromatic rings. The molecular formula is C24H24FN5O2. The lowest BCUT2D eigenvalue weighted by Gasteiger charge is -2.22. The summed E-state index contributed by atoms with van der Waals surface area (Å²) >= 11 is 0. The fraction of sp³-hybridized carbons (Fsp3) is 0.417. The van der Waals surface area contributed by atoms with Crippen molar-refractivity contribution < 1.29 is 14.3 Å². The number of phenols is 1. The number of carbonyl (C=O) groups is 1. The Kier molecular flexibility index (Phi) is 5.04. The first kappa shape index (κ1) is 20.4. The molecule has 2 aliphatic carbocycles. The molecule has 1 amide bonds. The van der Waals surface area contributed by atoms with E-state index >= 15 is 0 Å². The van der Waals surface area contributed by atoms with E-state index in [2.05, 4.69) is 25.3 Å². The van der Waals surface area contributed by atoms with Crippen LogP contribution in [0.2, 0.25) is 0 Å². The average molecular weight is 433 g/mol. The molecule has 3 N–H and O–H groups in total. The van der Waals surface area contributed by atoms with Gasteiger partial charge >= 0.3 is 0 Å². The van der Waals surface area contributed by atoms with E-state index in [1.54, 1.807) is 0 Å². The Labute approximate surface area is 184 Å². The van der Waals surface area contributed by atoms with Crippen molar-refractivity contribution in [3.8, 4) is 17.0 Å². The number of hydrogen-bond acceptors (Lipinski definition) is 4. The van der Waals surface area contributed by atoms with Gasteiger partial charge in [-0.25, -0.2) is 14.2 Å². The van der Waals surface area contributed by atoms with Gasteiger partial charge in [0.15, 0.2) is 5.65 Å².